The minimum atomic E-state index is 0.350. The highest BCUT2D eigenvalue weighted by atomic mass is 79.9. The van der Waals surface area contributed by atoms with Gasteiger partial charge in [0.1, 0.15) is 21.7 Å². The van der Waals surface area contributed by atoms with E-state index in [9.17, 15) is 0 Å². The summed E-state index contributed by atoms with van der Waals surface area (Å²) in [5.74, 6) is 1.29. The first-order valence-electron chi connectivity index (χ1n) is 5.91. The van der Waals surface area contributed by atoms with Crippen LogP contribution in [-0.2, 0) is 0 Å². The van der Waals surface area contributed by atoms with Gasteiger partial charge >= 0.3 is 0 Å². The maximum Gasteiger partial charge on any atom is 0.155 e. The van der Waals surface area contributed by atoms with E-state index in [2.05, 4.69) is 25.9 Å². The van der Waals surface area contributed by atoms with E-state index in [0.717, 1.165) is 21.4 Å². The predicted octanol–water partition coefficient (Wildman–Crippen LogP) is 4.19. The lowest BCUT2D eigenvalue weighted by Gasteiger charge is -2.14. The Bertz CT molecular complexity index is 662. The van der Waals surface area contributed by atoms with Crippen molar-refractivity contribution in [1.29, 1.82) is 0 Å². The van der Waals surface area contributed by atoms with Crippen molar-refractivity contribution in [3.05, 3.63) is 33.1 Å². The Morgan fingerprint density at radius 2 is 1.70 bits per heavy atom. The molecule has 0 atom stereocenters. The quantitative estimate of drug-likeness (QED) is 0.826. The highest BCUT2D eigenvalue weighted by molar-refractivity contribution is 9.10. The zero-order chi connectivity index (χ0) is 14.9. The predicted molar refractivity (Wildman–Crippen MR) is 82.8 cm³/mol. The average Bonchev–Trinajstić information content (AvgIpc) is 2.42. The monoisotopic (exact) mass is 356 g/mol. The Hall–Kier alpha value is -1.33. The number of benzene rings is 1. The Balaban J connectivity index is 2.70. The molecule has 0 amide bonds. The van der Waals surface area contributed by atoms with Crippen molar-refractivity contribution in [3.63, 3.8) is 0 Å². The van der Waals surface area contributed by atoms with E-state index >= 15 is 0 Å². The number of hydrogen-bond donors (Lipinski definition) is 0. The lowest BCUT2D eigenvalue weighted by atomic mass is 10.1. The summed E-state index contributed by atoms with van der Waals surface area (Å²) >= 11 is 9.68. The van der Waals surface area contributed by atoms with Gasteiger partial charge in [-0.2, -0.15) is 0 Å². The summed E-state index contributed by atoms with van der Waals surface area (Å²) in [6, 6.07) is 3.68. The highest BCUT2D eigenvalue weighted by Gasteiger charge is 2.18. The summed E-state index contributed by atoms with van der Waals surface area (Å²) in [7, 11) is 3.19. The number of aromatic nitrogens is 2. The summed E-state index contributed by atoms with van der Waals surface area (Å²) < 4.78 is 11.4. The number of hydrogen-bond acceptors (Lipinski definition) is 4. The van der Waals surface area contributed by atoms with Gasteiger partial charge in [0.05, 0.1) is 25.6 Å². The van der Waals surface area contributed by atoms with Crippen LogP contribution in [0.25, 0.3) is 11.3 Å². The van der Waals surface area contributed by atoms with Gasteiger partial charge in [-0.3, -0.25) is 0 Å². The molecule has 1 aromatic carbocycles. The molecule has 20 heavy (non-hydrogen) atoms. The number of methoxy groups -OCH3 is 2. The molecule has 0 spiro atoms. The Morgan fingerprint density at radius 3 is 2.30 bits per heavy atom. The molecule has 1 aromatic heterocycles. The molecule has 0 saturated carbocycles. The molecule has 4 nitrogen and oxygen atoms in total. The number of aryl methyl sites for hydroxylation is 2. The van der Waals surface area contributed by atoms with Crippen molar-refractivity contribution >= 4 is 27.5 Å². The van der Waals surface area contributed by atoms with Crippen LogP contribution in [0.3, 0.4) is 0 Å². The van der Waals surface area contributed by atoms with Crippen molar-refractivity contribution in [2.75, 3.05) is 14.2 Å². The smallest absolute Gasteiger partial charge is 0.155 e. The van der Waals surface area contributed by atoms with Gasteiger partial charge in [0.15, 0.2) is 5.15 Å². The third-order valence-corrected chi connectivity index (χ3v) is 4.02. The lowest BCUT2D eigenvalue weighted by molar-refractivity contribution is 0.390. The number of nitrogens with zero attached hydrogens (tertiary/aromatic N) is 2. The fourth-order valence-electron chi connectivity index (χ4n) is 1.83. The molecule has 2 rings (SSSR count). The van der Waals surface area contributed by atoms with Crippen molar-refractivity contribution in [2.45, 2.75) is 13.8 Å². The van der Waals surface area contributed by atoms with Crippen LogP contribution < -0.4 is 9.47 Å². The second-order valence-corrected chi connectivity index (χ2v) is 5.35. The molecule has 106 valence electrons. The van der Waals surface area contributed by atoms with Crippen LogP contribution in [0.5, 0.6) is 11.5 Å². The van der Waals surface area contributed by atoms with Crippen molar-refractivity contribution in [1.82, 2.24) is 9.97 Å². The van der Waals surface area contributed by atoms with Gasteiger partial charge in [-0.25, -0.2) is 9.97 Å². The third-order valence-electron chi connectivity index (χ3n) is 3.01. The van der Waals surface area contributed by atoms with Crippen LogP contribution >= 0.6 is 27.5 Å². The van der Waals surface area contributed by atoms with Gasteiger partial charge in [0, 0.05) is 5.56 Å². The summed E-state index contributed by atoms with van der Waals surface area (Å²) in [4.78, 5) is 8.81. The van der Waals surface area contributed by atoms with E-state index in [1.807, 2.05) is 26.0 Å². The molecular formula is C14H14BrClN2O2. The molecule has 0 fully saturated rings. The maximum absolute atomic E-state index is 6.22. The van der Waals surface area contributed by atoms with Gasteiger partial charge in [0.2, 0.25) is 0 Å². The SMILES string of the molecule is COc1ccc(-c2nc(C)c(C)nc2Cl)c(OC)c1Br. The van der Waals surface area contributed by atoms with Crippen LogP contribution in [0.4, 0.5) is 0 Å². The summed E-state index contributed by atoms with van der Waals surface area (Å²) in [5, 5.41) is 0.350. The van der Waals surface area contributed by atoms with E-state index in [4.69, 9.17) is 21.1 Å². The largest absolute Gasteiger partial charge is 0.495 e. The van der Waals surface area contributed by atoms with E-state index in [1.54, 1.807) is 14.2 Å². The molecule has 0 bridgehead atoms. The summed E-state index contributed by atoms with van der Waals surface area (Å²) in [6.45, 7) is 3.77. The fourth-order valence-corrected chi connectivity index (χ4v) is 2.77. The van der Waals surface area contributed by atoms with Gasteiger partial charge in [0.25, 0.3) is 0 Å². The molecule has 0 N–H and O–H groups in total. The standard InChI is InChI=1S/C14H14BrClN2O2/c1-7-8(2)18-14(16)12(17-7)9-5-6-10(19-3)11(15)13(9)20-4/h5-6H,1-4H3. The number of halogens is 2. The minimum Gasteiger partial charge on any atom is -0.495 e. The van der Waals surface area contributed by atoms with Crippen molar-refractivity contribution < 1.29 is 9.47 Å². The minimum absolute atomic E-state index is 0.350. The number of ether oxygens (including phenoxy) is 2. The number of rotatable bonds is 3. The zero-order valence-electron chi connectivity index (χ0n) is 11.6. The van der Waals surface area contributed by atoms with Gasteiger partial charge in [-0.15, -0.1) is 0 Å². The fraction of sp³-hybridized carbons (Fsp3) is 0.286. The van der Waals surface area contributed by atoms with Gasteiger partial charge < -0.3 is 9.47 Å². The normalized spacial score (nSPS) is 10.5. The second-order valence-electron chi connectivity index (χ2n) is 4.20. The topological polar surface area (TPSA) is 44.2 Å². The molecule has 0 radical (unpaired) electrons. The summed E-state index contributed by atoms with van der Waals surface area (Å²) in [5.41, 5.74) is 3.00. The molecule has 0 unspecified atom stereocenters. The molecule has 2 aromatic rings. The van der Waals surface area contributed by atoms with Crippen LogP contribution in [0, 0.1) is 13.8 Å². The molecule has 6 heteroatoms. The first kappa shape index (κ1) is 15.1. The lowest BCUT2D eigenvalue weighted by Crippen LogP contribution is -1.99. The first-order valence-corrected chi connectivity index (χ1v) is 7.08. The Labute approximate surface area is 131 Å². The zero-order valence-corrected chi connectivity index (χ0v) is 14.0. The van der Waals surface area contributed by atoms with Crippen LogP contribution in [0.15, 0.2) is 16.6 Å². The molecule has 0 aliphatic carbocycles. The molecule has 0 aliphatic heterocycles. The Morgan fingerprint density at radius 1 is 1.05 bits per heavy atom. The third kappa shape index (κ3) is 2.60. The molecule has 0 saturated heterocycles. The van der Waals surface area contributed by atoms with Crippen molar-refractivity contribution in [3.8, 4) is 22.8 Å². The van der Waals surface area contributed by atoms with Crippen LogP contribution in [0.2, 0.25) is 5.15 Å². The van der Waals surface area contributed by atoms with E-state index in [-0.39, 0.29) is 0 Å². The van der Waals surface area contributed by atoms with Crippen LogP contribution in [-0.4, -0.2) is 24.2 Å². The van der Waals surface area contributed by atoms with E-state index in [0.29, 0.717) is 22.3 Å². The van der Waals surface area contributed by atoms with E-state index < -0.39 is 0 Å². The van der Waals surface area contributed by atoms with Gasteiger partial charge in [-0.05, 0) is 41.9 Å². The average molecular weight is 358 g/mol. The van der Waals surface area contributed by atoms with Crippen molar-refractivity contribution in [2.24, 2.45) is 0 Å². The highest BCUT2D eigenvalue weighted by Crippen LogP contribution is 2.42. The molecular weight excluding hydrogens is 344 g/mol. The maximum atomic E-state index is 6.22. The Kier molecular flexibility index (Phi) is 4.50. The second kappa shape index (κ2) is 5.97. The summed E-state index contributed by atoms with van der Waals surface area (Å²) in [6.07, 6.45) is 0. The first-order chi connectivity index (χ1) is 9.49. The van der Waals surface area contributed by atoms with E-state index in [1.165, 1.54) is 0 Å². The van der Waals surface area contributed by atoms with Crippen LogP contribution in [0.1, 0.15) is 11.4 Å². The van der Waals surface area contributed by atoms with Gasteiger partial charge in [-0.1, -0.05) is 11.6 Å². The molecule has 1 heterocycles. The molecule has 0 aliphatic rings.